The quantitative estimate of drug-likeness (QED) is 0.317. The Morgan fingerprint density at radius 1 is 1.83 bits per heavy atom. The van der Waals surface area contributed by atoms with Gasteiger partial charge in [-0.05, 0) is 6.92 Å². The van der Waals surface area contributed by atoms with Gasteiger partial charge in [-0.2, -0.15) is 0 Å². The van der Waals surface area contributed by atoms with E-state index < -0.39 is 5.91 Å². The summed E-state index contributed by atoms with van der Waals surface area (Å²) in [6, 6.07) is 0. The lowest BCUT2D eigenvalue weighted by atomic mass is 10.3. The van der Waals surface area contributed by atoms with Crippen molar-refractivity contribution in [2.45, 2.75) is 20.3 Å². The Morgan fingerprint density at radius 3 is 2.42 bits per heavy atom. The number of nitrogens with one attached hydrogen (secondary N) is 1. The van der Waals surface area contributed by atoms with E-state index in [1.807, 2.05) is 0 Å². The van der Waals surface area contributed by atoms with Gasteiger partial charge in [0, 0.05) is 9.78 Å². The molecule has 0 aliphatic carbocycles. The van der Waals surface area contributed by atoms with Crippen LogP contribution < -0.4 is 5.48 Å². The average molecular weight is 178 g/mol. The van der Waals surface area contributed by atoms with Crippen molar-refractivity contribution in [1.29, 1.82) is 0 Å². The minimum atomic E-state index is -0.440. The third kappa shape index (κ3) is 5.36. The van der Waals surface area contributed by atoms with Gasteiger partial charge >= 0.3 is 5.97 Å². The van der Waals surface area contributed by atoms with Gasteiger partial charge in [0.15, 0.2) is 0 Å². The van der Waals surface area contributed by atoms with Crippen molar-refractivity contribution < 1.29 is 22.5 Å². The Labute approximate surface area is 72.1 Å². The van der Waals surface area contributed by atoms with Crippen LogP contribution in [-0.2, 0) is 14.4 Å². The van der Waals surface area contributed by atoms with Crippen LogP contribution >= 0.6 is 0 Å². The van der Waals surface area contributed by atoms with E-state index in [0.717, 1.165) is 5.71 Å². The monoisotopic (exact) mass is 178 g/mol. The topological polar surface area (TPSA) is 88.0 Å². The smallest absolute Gasteiger partial charge is 0.318 e. The summed E-state index contributed by atoms with van der Waals surface area (Å²) >= 11 is 0. The maximum Gasteiger partial charge on any atom is 0.340 e. The summed E-state index contributed by atoms with van der Waals surface area (Å²) in [5, 5.41) is 10.9. The van der Waals surface area contributed by atoms with Gasteiger partial charge in [0.2, 0.25) is 5.91 Å². The fraction of sp³-hybridized carbons (Fsp3) is 0.500. The van der Waals surface area contributed by atoms with E-state index in [9.17, 15) is 9.59 Å². The Balaban J connectivity index is -0.000000159. The van der Waals surface area contributed by atoms with Gasteiger partial charge in [-0.25, -0.2) is 10.3 Å². The van der Waals surface area contributed by atoms with Gasteiger partial charge in [0.25, 0.3) is 0 Å². The third-order valence-corrected chi connectivity index (χ3v) is 0.861. The maximum atomic E-state index is 10.1. The molecule has 6 nitrogen and oxygen atoms in total. The lowest BCUT2D eigenvalue weighted by Gasteiger charge is -1.78. The molecule has 0 unspecified atom stereocenters. The van der Waals surface area contributed by atoms with Crippen molar-refractivity contribution >= 4 is 17.6 Å². The number of amides is 1. The Hall–Kier alpha value is -1.43. The van der Waals surface area contributed by atoms with Crippen LogP contribution in [0, 0.1) is 0 Å². The van der Waals surface area contributed by atoms with Crippen LogP contribution in [0.3, 0.4) is 0 Å². The number of hydrogen-bond acceptors (Lipinski definition) is 5. The number of hydrogen-bond donors (Lipinski definition) is 2. The third-order valence-electron chi connectivity index (χ3n) is 0.861. The molecule has 1 amide bonds. The summed E-state index contributed by atoms with van der Waals surface area (Å²) in [4.78, 5) is 23.8. The number of carbonyl (C=O) groups is 2. The number of hydroxylamine groups is 1. The van der Waals surface area contributed by atoms with Crippen LogP contribution in [-0.4, -0.2) is 22.8 Å². The number of nitrogens with zero attached hydrogens (tertiary/aromatic N) is 1. The highest BCUT2D eigenvalue weighted by Gasteiger charge is 2.11. The van der Waals surface area contributed by atoms with Crippen molar-refractivity contribution in [2.75, 3.05) is 0 Å². The first-order valence-electron chi connectivity index (χ1n) is 3.20. The first kappa shape index (κ1) is 10.6. The maximum absolute atomic E-state index is 10.1. The van der Waals surface area contributed by atoms with E-state index in [2.05, 4.69) is 9.99 Å². The van der Waals surface area contributed by atoms with Crippen molar-refractivity contribution in [2.24, 2.45) is 5.16 Å². The number of oxime groups is 1. The first-order chi connectivity index (χ1) is 5.56. The van der Waals surface area contributed by atoms with Gasteiger partial charge in [-0.1, -0.05) is 5.16 Å². The second-order valence-electron chi connectivity index (χ2n) is 2.13. The summed E-state index contributed by atoms with van der Waals surface area (Å²) in [5.74, 6) is -0.692. The second kappa shape index (κ2) is 5.25. The zero-order valence-electron chi connectivity index (χ0n) is 6.83. The van der Waals surface area contributed by atoms with Crippen molar-refractivity contribution in [3.05, 3.63) is 0 Å². The van der Waals surface area contributed by atoms with Crippen LogP contribution in [0.2, 0.25) is 0 Å². The molecule has 2 N–H and O–H groups in total. The highest BCUT2D eigenvalue weighted by molar-refractivity contribution is 6.00. The molecular formula is C6H14N2O4. The molecule has 0 saturated carbocycles. The molecule has 1 aliphatic heterocycles. The Morgan fingerprint density at radius 2 is 2.33 bits per heavy atom. The molecule has 0 atom stereocenters. The van der Waals surface area contributed by atoms with Crippen LogP contribution in [0.25, 0.3) is 0 Å². The van der Waals surface area contributed by atoms with Gasteiger partial charge in [0.1, 0.15) is 0 Å². The summed E-state index contributed by atoms with van der Waals surface area (Å²) in [6.07, 6.45) is 0.361. The van der Waals surface area contributed by atoms with E-state index >= 15 is 0 Å². The predicted octanol–water partition coefficient (Wildman–Crippen LogP) is 0.313. The largest absolute Gasteiger partial charge is 0.340 e. The van der Waals surface area contributed by atoms with Crippen LogP contribution in [0.15, 0.2) is 5.16 Å². The van der Waals surface area contributed by atoms with Gasteiger partial charge < -0.3 is 4.84 Å². The predicted molar refractivity (Wildman–Crippen MR) is 43.6 cm³/mol. The van der Waals surface area contributed by atoms with E-state index in [1.54, 1.807) is 6.92 Å². The molecule has 0 aromatic heterocycles. The van der Waals surface area contributed by atoms with E-state index in [1.165, 1.54) is 12.4 Å². The van der Waals surface area contributed by atoms with Gasteiger partial charge in [-0.3, -0.25) is 10.0 Å². The molecule has 1 aliphatic rings. The summed E-state index contributed by atoms with van der Waals surface area (Å²) in [6.45, 7) is 2.98. The lowest BCUT2D eigenvalue weighted by molar-refractivity contribution is -0.140. The lowest BCUT2D eigenvalue weighted by Crippen LogP contribution is -2.12. The molecule has 0 fully saturated rings. The van der Waals surface area contributed by atoms with Crippen molar-refractivity contribution in [3.8, 4) is 0 Å². The summed E-state index contributed by atoms with van der Waals surface area (Å²) in [5.41, 5.74) is 2.14. The molecule has 72 valence electrons. The summed E-state index contributed by atoms with van der Waals surface area (Å²) < 4.78 is 0. The molecule has 0 radical (unpaired) electrons. The minimum Gasteiger partial charge on any atom is -0.318 e. The molecule has 0 aromatic carbocycles. The van der Waals surface area contributed by atoms with E-state index in [4.69, 9.17) is 5.21 Å². The molecule has 0 spiro atoms. The van der Waals surface area contributed by atoms with Gasteiger partial charge in [0.05, 0.1) is 12.1 Å². The highest BCUT2D eigenvalue weighted by Crippen LogP contribution is 1.99. The molecule has 1 heterocycles. The highest BCUT2D eigenvalue weighted by atomic mass is 16.7. The fourth-order valence-corrected chi connectivity index (χ4v) is 0.402. The summed E-state index contributed by atoms with van der Waals surface area (Å²) in [7, 11) is 0. The molecule has 0 saturated heterocycles. The molecule has 6 heteroatoms. The number of carbonyl (C=O) groups excluding carboxylic acids is 2. The molecule has 1 rings (SSSR count). The Bertz CT molecular complexity index is 220. The van der Waals surface area contributed by atoms with Crippen molar-refractivity contribution in [1.82, 2.24) is 5.48 Å². The zero-order valence-corrected chi connectivity index (χ0v) is 6.83. The van der Waals surface area contributed by atoms with E-state index in [0.29, 0.717) is 6.42 Å². The number of rotatable bonds is 0. The Kier molecular flexibility index (Phi) is 4.62. The zero-order chi connectivity index (χ0) is 9.56. The van der Waals surface area contributed by atoms with E-state index in [-0.39, 0.29) is 8.82 Å². The molecule has 12 heavy (non-hydrogen) atoms. The minimum absolute atomic E-state index is 0. The van der Waals surface area contributed by atoms with Gasteiger partial charge in [-0.15, -0.1) is 0 Å². The molecular weight excluding hydrogens is 164 g/mol. The standard InChI is InChI=1S/C4H5NO2.C2H5NO2.2H2/c1-3-2-4(6)7-5-3;1-2(4)3-5;;/h2H2,1H3;5H,1H3,(H,3,4);2*1H. The fourth-order valence-electron chi connectivity index (χ4n) is 0.402. The van der Waals surface area contributed by atoms with Crippen LogP contribution in [0.4, 0.5) is 0 Å². The molecule has 0 aromatic rings. The SMILES string of the molecule is CC(=O)NO.CC1=NOC(=O)C1.[HH].[HH]. The average Bonchev–Trinajstić information content (AvgIpc) is 2.36. The normalized spacial score (nSPS) is 13.9. The second-order valence-corrected chi connectivity index (χ2v) is 2.13. The van der Waals surface area contributed by atoms with Crippen molar-refractivity contribution in [3.63, 3.8) is 0 Å². The first-order valence-corrected chi connectivity index (χ1v) is 3.20. The van der Waals surface area contributed by atoms with Crippen LogP contribution in [0.1, 0.15) is 23.1 Å². The molecule has 0 bridgehead atoms. The van der Waals surface area contributed by atoms with Crippen LogP contribution in [0.5, 0.6) is 0 Å².